The molecular formula is C17H26N2O2. The summed E-state index contributed by atoms with van der Waals surface area (Å²) in [5.74, 6) is 1.57. The van der Waals surface area contributed by atoms with Crippen LogP contribution in [0.15, 0.2) is 24.3 Å². The van der Waals surface area contributed by atoms with Gasteiger partial charge in [0.05, 0.1) is 5.56 Å². The van der Waals surface area contributed by atoms with Gasteiger partial charge in [0.25, 0.3) is 0 Å². The molecule has 116 valence electrons. The second-order valence-corrected chi connectivity index (χ2v) is 5.74. The maximum absolute atomic E-state index is 11.5. The number of hydrogen-bond donors (Lipinski definition) is 1. The van der Waals surface area contributed by atoms with Crippen molar-refractivity contribution < 1.29 is 9.53 Å². The highest BCUT2D eigenvalue weighted by Gasteiger charge is 2.18. The zero-order valence-corrected chi connectivity index (χ0v) is 13.1. The Balaban J connectivity index is 1.74. The fourth-order valence-electron chi connectivity index (χ4n) is 2.87. The number of benzene rings is 1. The lowest BCUT2D eigenvalue weighted by molar-refractivity contribution is 0.101. The van der Waals surface area contributed by atoms with Crippen molar-refractivity contribution in [1.29, 1.82) is 0 Å². The van der Waals surface area contributed by atoms with Crippen molar-refractivity contribution in [2.75, 3.05) is 39.8 Å². The molecule has 1 aromatic rings. The Morgan fingerprint density at radius 1 is 1.33 bits per heavy atom. The molecule has 2 rings (SSSR count). The third-order valence-corrected chi connectivity index (χ3v) is 4.13. The summed E-state index contributed by atoms with van der Waals surface area (Å²) in [5, 5.41) is 3.26. The Bertz CT molecular complexity index is 454. The van der Waals surface area contributed by atoms with Gasteiger partial charge in [0.1, 0.15) is 12.4 Å². The summed E-state index contributed by atoms with van der Waals surface area (Å²) < 4.78 is 5.80. The number of Topliss-reactive ketones (excluding diaryl/α,β-unsaturated/α-hetero) is 1. The van der Waals surface area contributed by atoms with E-state index in [0.717, 1.165) is 32.1 Å². The summed E-state index contributed by atoms with van der Waals surface area (Å²) in [7, 11) is 2.02. The number of nitrogens with one attached hydrogen (secondary N) is 1. The van der Waals surface area contributed by atoms with Crippen molar-refractivity contribution in [2.45, 2.75) is 19.8 Å². The van der Waals surface area contributed by atoms with Gasteiger partial charge in [-0.1, -0.05) is 12.1 Å². The van der Waals surface area contributed by atoms with E-state index < -0.39 is 0 Å². The summed E-state index contributed by atoms with van der Waals surface area (Å²) in [6.07, 6.45) is 2.51. The molecule has 1 aliphatic rings. The Labute approximate surface area is 127 Å². The van der Waals surface area contributed by atoms with Crippen LogP contribution in [0, 0.1) is 5.92 Å². The molecule has 21 heavy (non-hydrogen) atoms. The van der Waals surface area contributed by atoms with Crippen molar-refractivity contribution in [2.24, 2.45) is 5.92 Å². The fourth-order valence-corrected chi connectivity index (χ4v) is 2.87. The second kappa shape index (κ2) is 8.15. The smallest absolute Gasteiger partial charge is 0.163 e. The van der Waals surface area contributed by atoms with Crippen LogP contribution in [0.2, 0.25) is 0 Å². The summed E-state index contributed by atoms with van der Waals surface area (Å²) >= 11 is 0. The van der Waals surface area contributed by atoms with Crippen molar-refractivity contribution in [3.05, 3.63) is 29.8 Å². The first kappa shape index (κ1) is 16.0. The molecule has 0 radical (unpaired) electrons. The lowest BCUT2D eigenvalue weighted by Crippen LogP contribution is -2.38. The summed E-state index contributed by atoms with van der Waals surface area (Å²) in [6.45, 7) is 6.55. The highest BCUT2D eigenvalue weighted by molar-refractivity contribution is 5.96. The van der Waals surface area contributed by atoms with Crippen molar-refractivity contribution in [3.63, 3.8) is 0 Å². The van der Waals surface area contributed by atoms with Gasteiger partial charge in [0.15, 0.2) is 5.78 Å². The van der Waals surface area contributed by atoms with Crippen LogP contribution in [-0.4, -0.2) is 50.5 Å². The van der Waals surface area contributed by atoms with Gasteiger partial charge in [-0.05, 0) is 64.5 Å². The summed E-state index contributed by atoms with van der Waals surface area (Å²) in [5.41, 5.74) is 0.672. The second-order valence-electron chi connectivity index (χ2n) is 5.74. The lowest BCUT2D eigenvalue weighted by Gasteiger charge is -2.31. The Morgan fingerprint density at radius 3 is 2.71 bits per heavy atom. The minimum atomic E-state index is 0.0541. The largest absolute Gasteiger partial charge is 0.491 e. The number of piperidine rings is 1. The number of likely N-dealkylation sites (tertiary alicyclic amines) is 1. The van der Waals surface area contributed by atoms with Gasteiger partial charge in [-0.2, -0.15) is 0 Å². The molecule has 1 fully saturated rings. The standard InChI is InChI=1S/C17H26N2O2/c1-14(20)16-5-3-4-6-17(16)21-12-11-19-9-7-15(8-10-19)13-18-2/h3-6,15,18H,7-13H2,1-2H3. The van der Waals surface area contributed by atoms with Crippen LogP contribution < -0.4 is 10.1 Å². The van der Waals surface area contributed by atoms with Gasteiger partial charge in [-0.3, -0.25) is 9.69 Å². The van der Waals surface area contributed by atoms with Gasteiger partial charge >= 0.3 is 0 Å². The number of ether oxygens (including phenoxy) is 1. The molecule has 1 N–H and O–H groups in total. The van der Waals surface area contributed by atoms with Gasteiger partial charge < -0.3 is 10.1 Å². The molecule has 1 aliphatic heterocycles. The molecule has 1 heterocycles. The van der Waals surface area contributed by atoms with Crippen LogP contribution in [0.3, 0.4) is 0 Å². The number of carbonyl (C=O) groups is 1. The maximum atomic E-state index is 11.5. The molecule has 0 atom stereocenters. The highest BCUT2D eigenvalue weighted by atomic mass is 16.5. The number of carbonyl (C=O) groups excluding carboxylic acids is 1. The van der Waals surface area contributed by atoms with E-state index in [9.17, 15) is 4.79 Å². The maximum Gasteiger partial charge on any atom is 0.163 e. The number of hydrogen-bond acceptors (Lipinski definition) is 4. The van der Waals surface area contributed by atoms with Gasteiger partial charge in [0.2, 0.25) is 0 Å². The van der Waals surface area contributed by atoms with E-state index in [1.54, 1.807) is 6.92 Å². The molecule has 4 heteroatoms. The predicted octanol–water partition coefficient (Wildman–Crippen LogP) is 2.20. The monoisotopic (exact) mass is 290 g/mol. The van der Waals surface area contributed by atoms with Crippen LogP contribution in [0.4, 0.5) is 0 Å². The zero-order chi connectivity index (χ0) is 15.1. The van der Waals surface area contributed by atoms with Gasteiger partial charge in [-0.15, -0.1) is 0 Å². The average molecular weight is 290 g/mol. The van der Waals surface area contributed by atoms with Gasteiger partial charge in [-0.25, -0.2) is 0 Å². The van der Waals surface area contributed by atoms with E-state index in [4.69, 9.17) is 4.74 Å². The molecule has 1 saturated heterocycles. The molecule has 4 nitrogen and oxygen atoms in total. The van der Waals surface area contributed by atoms with E-state index in [0.29, 0.717) is 17.9 Å². The van der Waals surface area contributed by atoms with Crippen molar-refractivity contribution in [1.82, 2.24) is 10.2 Å². The van der Waals surface area contributed by atoms with Crippen LogP contribution in [0.1, 0.15) is 30.1 Å². The predicted molar refractivity (Wildman–Crippen MR) is 85.0 cm³/mol. The third kappa shape index (κ3) is 4.83. The fraction of sp³-hybridized carbons (Fsp3) is 0.588. The summed E-state index contributed by atoms with van der Waals surface area (Å²) in [4.78, 5) is 14.0. The van der Waals surface area contributed by atoms with E-state index in [1.165, 1.54) is 12.8 Å². The van der Waals surface area contributed by atoms with E-state index in [2.05, 4.69) is 10.2 Å². The average Bonchev–Trinajstić information content (AvgIpc) is 2.50. The minimum absolute atomic E-state index is 0.0541. The number of para-hydroxylation sites is 1. The van der Waals surface area contributed by atoms with Crippen LogP contribution in [0.25, 0.3) is 0 Å². The molecule has 0 aliphatic carbocycles. The Hall–Kier alpha value is -1.39. The lowest BCUT2D eigenvalue weighted by atomic mass is 9.97. The summed E-state index contributed by atoms with van der Waals surface area (Å²) in [6, 6.07) is 7.47. The Kier molecular flexibility index (Phi) is 6.21. The van der Waals surface area contributed by atoms with Crippen molar-refractivity contribution in [3.8, 4) is 5.75 Å². The number of ketones is 1. The first-order chi connectivity index (χ1) is 10.2. The number of nitrogens with zero attached hydrogens (tertiary/aromatic N) is 1. The van der Waals surface area contributed by atoms with E-state index in [-0.39, 0.29) is 5.78 Å². The van der Waals surface area contributed by atoms with E-state index >= 15 is 0 Å². The molecule has 0 bridgehead atoms. The van der Waals surface area contributed by atoms with Crippen LogP contribution in [0.5, 0.6) is 5.75 Å². The van der Waals surface area contributed by atoms with Gasteiger partial charge in [0, 0.05) is 6.54 Å². The molecule has 0 spiro atoms. The van der Waals surface area contributed by atoms with Crippen molar-refractivity contribution >= 4 is 5.78 Å². The van der Waals surface area contributed by atoms with E-state index in [1.807, 2.05) is 31.3 Å². The number of rotatable bonds is 7. The quantitative estimate of drug-likeness (QED) is 0.782. The zero-order valence-electron chi connectivity index (χ0n) is 13.1. The molecular weight excluding hydrogens is 264 g/mol. The highest BCUT2D eigenvalue weighted by Crippen LogP contribution is 2.19. The van der Waals surface area contributed by atoms with Crippen LogP contribution in [-0.2, 0) is 0 Å². The minimum Gasteiger partial charge on any atom is -0.491 e. The molecule has 1 aromatic carbocycles. The van der Waals surface area contributed by atoms with Crippen LogP contribution >= 0.6 is 0 Å². The SMILES string of the molecule is CNCC1CCN(CCOc2ccccc2C(C)=O)CC1. The molecule has 0 unspecified atom stereocenters. The molecule has 0 aromatic heterocycles. The molecule has 0 amide bonds. The third-order valence-electron chi connectivity index (χ3n) is 4.13. The first-order valence-electron chi connectivity index (χ1n) is 7.80. The Morgan fingerprint density at radius 2 is 2.05 bits per heavy atom. The topological polar surface area (TPSA) is 41.6 Å². The first-order valence-corrected chi connectivity index (χ1v) is 7.80. The molecule has 0 saturated carbocycles. The normalized spacial score (nSPS) is 16.9.